The van der Waals surface area contributed by atoms with E-state index in [1.807, 2.05) is 49.1 Å². The Hall–Kier alpha value is -2.89. The van der Waals surface area contributed by atoms with E-state index >= 15 is 0 Å². The summed E-state index contributed by atoms with van der Waals surface area (Å²) in [5.74, 6) is -0.232. The molecule has 2 atom stereocenters. The lowest BCUT2D eigenvalue weighted by Gasteiger charge is -2.35. The summed E-state index contributed by atoms with van der Waals surface area (Å²) in [5.41, 5.74) is 3.97. The summed E-state index contributed by atoms with van der Waals surface area (Å²) in [6.07, 6.45) is 2.34. The third-order valence-corrected chi connectivity index (χ3v) is 6.42. The molecule has 164 valence electrons. The number of carbonyl (C=O) groups excluding carboxylic acids is 2. The van der Waals surface area contributed by atoms with Crippen LogP contribution in [0.15, 0.2) is 42.5 Å². The van der Waals surface area contributed by atoms with Crippen molar-refractivity contribution in [2.24, 2.45) is 5.92 Å². The fourth-order valence-corrected chi connectivity index (χ4v) is 4.77. The number of amides is 3. The molecule has 2 aliphatic heterocycles. The van der Waals surface area contributed by atoms with E-state index < -0.39 is 0 Å². The molecule has 0 radical (unpaired) electrons. The van der Waals surface area contributed by atoms with E-state index in [1.54, 1.807) is 11.0 Å². The van der Waals surface area contributed by atoms with E-state index in [0.29, 0.717) is 26.2 Å². The average molecular weight is 424 g/mol. The Morgan fingerprint density at radius 3 is 2.71 bits per heavy atom. The highest BCUT2D eigenvalue weighted by molar-refractivity contribution is 5.90. The van der Waals surface area contributed by atoms with Crippen molar-refractivity contribution in [3.8, 4) is 0 Å². The number of nitrogens with one attached hydrogen (secondary N) is 1. The van der Waals surface area contributed by atoms with Gasteiger partial charge in [0.15, 0.2) is 0 Å². The van der Waals surface area contributed by atoms with Crippen LogP contribution in [0.25, 0.3) is 0 Å². The number of urea groups is 1. The molecule has 0 bridgehead atoms. The smallest absolute Gasteiger partial charge is 0.321 e. The molecule has 6 heteroatoms. The second-order valence-corrected chi connectivity index (χ2v) is 8.86. The largest absolute Gasteiger partial charge is 0.341 e. The molecule has 0 aliphatic carbocycles. The van der Waals surface area contributed by atoms with E-state index in [-0.39, 0.29) is 29.6 Å². The Bertz CT molecular complexity index is 977. The highest BCUT2D eigenvalue weighted by atomic mass is 19.1. The predicted octanol–water partition coefficient (Wildman–Crippen LogP) is 4.57. The first-order valence-corrected chi connectivity index (χ1v) is 11.1. The Labute approximate surface area is 183 Å². The number of hydrogen-bond acceptors (Lipinski definition) is 2. The quantitative estimate of drug-likeness (QED) is 0.770. The average Bonchev–Trinajstić information content (AvgIpc) is 2.92. The number of hydrogen-bond donors (Lipinski definition) is 1. The van der Waals surface area contributed by atoms with Crippen molar-refractivity contribution in [3.05, 3.63) is 65.0 Å². The molecule has 0 spiro atoms. The van der Waals surface area contributed by atoms with Gasteiger partial charge in [-0.25, -0.2) is 9.18 Å². The van der Waals surface area contributed by atoms with Crippen LogP contribution in [0, 0.1) is 18.7 Å². The van der Waals surface area contributed by atoms with Crippen molar-refractivity contribution in [1.82, 2.24) is 9.80 Å². The van der Waals surface area contributed by atoms with Gasteiger partial charge < -0.3 is 15.1 Å². The van der Waals surface area contributed by atoms with Gasteiger partial charge in [0.1, 0.15) is 5.82 Å². The van der Waals surface area contributed by atoms with Crippen LogP contribution in [-0.4, -0.2) is 47.9 Å². The van der Waals surface area contributed by atoms with Gasteiger partial charge in [0.25, 0.3) is 0 Å². The lowest BCUT2D eigenvalue weighted by atomic mass is 9.94. The number of carbonyl (C=O) groups is 2. The minimum atomic E-state index is -0.229. The zero-order valence-corrected chi connectivity index (χ0v) is 18.2. The normalized spacial score (nSPS) is 21.3. The van der Waals surface area contributed by atoms with Gasteiger partial charge in [-0.2, -0.15) is 0 Å². The Morgan fingerprint density at radius 1 is 1.06 bits per heavy atom. The topological polar surface area (TPSA) is 52.7 Å². The number of anilines is 1. The maximum atomic E-state index is 13.7. The lowest BCUT2D eigenvalue weighted by molar-refractivity contribution is -0.137. The first-order valence-electron chi connectivity index (χ1n) is 11.1. The molecule has 4 rings (SSSR count). The van der Waals surface area contributed by atoms with Crippen molar-refractivity contribution in [3.63, 3.8) is 0 Å². The van der Waals surface area contributed by atoms with Crippen LogP contribution in [0.2, 0.25) is 0 Å². The molecular weight excluding hydrogens is 393 g/mol. The second kappa shape index (κ2) is 9.08. The van der Waals surface area contributed by atoms with Crippen molar-refractivity contribution < 1.29 is 14.0 Å². The number of benzene rings is 2. The number of rotatable bonds is 2. The van der Waals surface area contributed by atoms with Crippen molar-refractivity contribution >= 4 is 17.6 Å². The molecule has 1 N–H and O–H groups in total. The van der Waals surface area contributed by atoms with E-state index in [4.69, 9.17) is 0 Å². The molecule has 1 fully saturated rings. The summed E-state index contributed by atoms with van der Waals surface area (Å²) in [5, 5.41) is 2.95. The summed E-state index contributed by atoms with van der Waals surface area (Å²) in [6.45, 7) is 6.34. The maximum Gasteiger partial charge on any atom is 0.321 e. The summed E-state index contributed by atoms with van der Waals surface area (Å²) >= 11 is 0. The molecule has 3 amide bonds. The summed E-state index contributed by atoms with van der Waals surface area (Å²) in [4.78, 5) is 29.8. The molecule has 31 heavy (non-hydrogen) atoms. The molecule has 2 aromatic carbocycles. The molecule has 5 nitrogen and oxygen atoms in total. The van der Waals surface area contributed by atoms with Gasteiger partial charge in [0.2, 0.25) is 5.91 Å². The fraction of sp³-hybridized carbons (Fsp3) is 0.440. The minimum Gasteiger partial charge on any atom is -0.341 e. The number of fused-ring (bicyclic) bond motifs is 1. The zero-order chi connectivity index (χ0) is 22.0. The first-order chi connectivity index (χ1) is 14.9. The Balaban J connectivity index is 1.40. The van der Waals surface area contributed by atoms with Crippen molar-refractivity contribution in [2.45, 2.75) is 39.0 Å². The Morgan fingerprint density at radius 2 is 1.90 bits per heavy atom. The zero-order valence-electron chi connectivity index (χ0n) is 18.2. The molecule has 0 aromatic heterocycles. The third kappa shape index (κ3) is 4.89. The number of aryl methyl sites for hydroxylation is 1. The fourth-order valence-electron chi connectivity index (χ4n) is 4.77. The van der Waals surface area contributed by atoms with Gasteiger partial charge in [-0.3, -0.25) is 4.79 Å². The standard InChI is InChI=1S/C25H30FN3O2/c1-17-5-3-7-22(13-17)27-25(31)29-11-4-6-20(16-29)24(30)28-12-10-19-8-9-21(26)14-23(19)18(2)15-28/h3,5,7-9,13-14,18,20H,4,6,10-12,15-16H2,1-2H3,(H,27,31). The molecule has 0 saturated carbocycles. The third-order valence-electron chi connectivity index (χ3n) is 6.42. The molecule has 2 heterocycles. The SMILES string of the molecule is Cc1cccc(NC(=O)N2CCCC(C(=O)N3CCc4ccc(F)cc4C(C)C3)C2)c1. The highest BCUT2D eigenvalue weighted by Gasteiger charge is 2.33. The number of nitrogens with zero attached hydrogens (tertiary/aromatic N) is 2. The maximum absolute atomic E-state index is 13.7. The van der Waals surface area contributed by atoms with E-state index in [1.165, 1.54) is 6.07 Å². The van der Waals surface area contributed by atoms with Gasteiger partial charge in [-0.15, -0.1) is 0 Å². The van der Waals surface area contributed by atoms with E-state index in [0.717, 1.165) is 41.6 Å². The molecule has 1 saturated heterocycles. The molecular formula is C25H30FN3O2. The van der Waals surface area contributed by atoms with Gasteiger partial charge in [0.05, 0.1) is 5.92 Å². The van der Waals surface area contributed by atoms with Crippen molar-refractivity contribution in [1.29, 1.82) is 0 Å². The van der Waals surface area contributed by atoms with Crippen LogP contribution < -0.4 is 5.32 Å². The lowest BCUT2D eigenvalue weighted by Crippen LogP contribution is -2.48. The molecule has 2 aromatic rings. The summed E-state index contributed by atoms with van der Waals surface area (Å²) < 4.78 is 13.7. The van der Waals surface area contributed by atoms with Crippen molar-refractivity contribution in [2.75, 3.05) is 31.5 Å². The number of halogens is 1. The van der Waals surface area contributed by atoms with Crippen LogP contribution >= 0.6 is 0 Å². The van der Waals surface area contributed by atoms with Crippen LogP contribution in [-0.2, 0) is 11.2 Å². The summed E-state index contributed by atoms with van der Waals surface area (Å²) in [7, 11) is 0. The summed E-state index contributed by atoms with van der Waals surface area (Å²) in [6, 6.07) is 12.5. The first kappa shape index (κ1) is 21.3. The van der Waals surface area contributed by atoms with Crippen LogP contribution in [0.4, 0.5) is 14.9 Å². The molecule has 2 unspecified atom stereocenters. The monoisotopic (exact) mass is 423 g/mol. The highest BCUT2D eigenvalue weighted by Crippen LogP contribution is 2.28. The van der Waals surface area contributed by atoms with E-state index in [9.17, 15) is 14.0 Å². The predicted molar refractivity (Wildman–Crippen MR) is 120 cm³/mol. The van der Waals surface area contributed by atoms with Gasteiger partial charge in [-0.1, -0.05) is 25.1 Å². The number of piperidine rings is 1. The van der Waals surface area contributed by atoms with Gasteiger partial charge in [0, 0.05) is 31.9 Å². The van der Waals surface area contributed by atoms with Crippen LogP contribution in [0.3, 0.4) is 0 Å². The molecule has 2 aliphatic rings. The van der Waals surface area contributed by atoms with Gasteiger partial charge >= 0.3 is 6.03 Å². The number of likely N-dealkylation sites (tertiary alicyclic amines) is 1. The minimum absolute atomic E-state index is 0.0847. The van der Waals surface area contributed by atoms with Crippen LogP contribution in [0.1, 0.15) is 42.4 Å². The Kier molecular flexibility index (Phi) is 6.25. The van der Waals surface area contributed by atoms with Gasteiger partial charge in [-0.05, 0) is 73.1 Å². The second-order valence-electron chi connectivity index (χ2n) is 8.86. The van der Waals surface area contributed by atoms with E-state index in [2.05, 4.69) is 5.32 Å². The van der Waals surface area contributed by atoms with Crippen LogP contribution in [0.5, 0.6) is 0 Å².